The summed E-state index contributed by atoms with van der Waals surface area (Å²) in [5, 5.41) is 0. The SMILES string of the molecule is NCC(N1CCN(c2ccccc2F)CC1)C(F)(F)F. The van der Waals surface area contributed by atoms with Crippen molar-refractivity contribution in [3.63, 3.8) is 0 Å². The molecule has 0 bridgehead atoms. The largest absolute Gasteiger partial charge is 0.405 e. The van der Waals surface area contributed by atoms with Gasteiger partial charge in [0.2, 0.25) is 0 Å². The number of benzene rings is 1. The Morgan fingerprint density at radius 1 is 1.10 bits per heavy atom. The standard InChI is InChI=1S/C13H17F4N3/c14-10-3-1-2-4-11(10)19-5-7-20(8-6-19)12(9-18)13(15,16)17/h1-4,12H,5-9,18H2. The lowest BCUT2D eigenvalue weighted by Crippen LogP contribution is -2.57. The van der Waals surface area contributed by atoms with Crippen molar-refractivity contribution in [2.75, 3.05) is 37.6 Å². The Bertz CT molecular complexity index is 441. The maximum absolute atomic E-state index is 13.6. The normalized spacial score (nSPS) is 19.1. The van der Waals surface area contributed by atoms with E-state index in [0.717, 1.165) is 0 Å². The van der Waals surface area contributed by atoms with E-state index in [1.165, 1.54) is 11.0 Å². The van der Waals surface area contributed by atoms with Crippen LogP contribution in [0.3, 0.4) is 0 Å². The quantitative estimate of drug-likeness (QED) is 0.863. The third-order valence-electron chi connectivity index (χ3n) is 3.55. The highest BCUT2D eigenvalue weighted by molar-refractivity contribution is 5.48. The van der Waals surface area contributed by atoms with E-state index >= 15 is 0 Å². The van der Waals surface area contributed by atoms with E-state index < -0.39 is 18.8 Å². The van der Waals surface area contributed by atoms with Crippen LogP contribution in [0.4, 0.5) is 23.2 Å². The highest BCUT2D eigenvalue weighted by Crippen LogP contribution is 2.26. The number of rotatable bonds is 3. The summed E-state index contributed by atoms with van der Waals surface area (Å²) >= 11 is 0. The molecule has 1 unspecified atom stereocenters. The second-order valence-electron chi connectivity index (χ2n) is 4.77. The first-order valence-corrected chi connectivity index (χ1v) is 6.44. The van der Waals surface area contributed by atoms with Crippen molar-refractivity contribution in [1.82, 2.24) is 4.90 Å². The molecule has 112 valence electrons. The molecule has 3 nitrogen and oxygen atoms in total. The molecular weight excluding hydrogens is 274 g/mol. The van der Waals surface area contributed by atoms with E-state index in [4.69, 9.17) is 5.73 Å². The molecule has 1 fully saturated rings. The first kappa shape index (κ1) is 15.1. The van der Waals surface area contributed by atoms with Crippen molar-refractivity contribution in [3.8, 4) is 0 Å². The van der Waals surface area contributed by atoms with E-state index in [9.17, 15) is 17.6 Å². The number of halogens is 4. The van der Waals surface area contributed by atoms with Crippen LogP contribution in [-0.2, 0) is 0 Å². The molecule has 1 aromatic carbocycles. The van der Waals surface area contributed by atoms with Gasteiger partial charge in [-0.2, -0.15) is 13.2 Å². The van der Waals surface area contributed by atoms with Crippen molar-refractivity contribution in [1.29, 1.82) is 0 Å². The molecule has 0 aliphatic carbocycles. The maximum Gasteiger partial charge on any atom is 0.405 e. The van der Waals surface area contributed by atoms with Gasteiger partial charge in [0.05, 0.1) is 5.69 Å². The van der Waals surface area contributed by atoms with Gasteiger partial charge in [-0.05, 0) is 12.1 Å². The summed E-state index contributed by atoms with van der Waals surface area (Å²) in [6.07, 6.45) is -4.32. The Morgan fingerprint density at radius 3 is 2.20 bits per heavy atom. The van der Waals surface area contributed by atoms with E-state index in [0.29, 0.717) is 18.8 Å². The molecule has 20 heavy (non-hydrogen) atoms. The van der Waals surface area contributed by atoms with Crippen LogP contribution in [0.15, 0.2) is 24.3 Å². The molecule has 0 aromatic heterocycles. The van der Waals surface area contributed by atoms with Crippen molar-refractivity contribution in [2.24, 2.45) is 5.73 Å². The van der Waals surface area contributed by atoms with Crippen LogP contribution in [0.25, 0.3) is 0 Å². The number of para-hydroxylation sites is 1. The number of alkyl halides is 3. The number of nitrogens with two attached hydrogens (primary N) is 1. The number of hydrogen-bond donors (Lipinski definition) is 1. The average molecular weight is 291 g/mol. The Balaban J connectivity index is 2.01. The summed E-state index contributed by atoms with van der Waals surface area (Å²) in [6.45, 7) is 0.690. The van der Waals surface area contributed by atoms with Crippen LogP contribution in [0.1, 0.15) is 0 Å². The molecule has 1 atom stereocenters. The van der Waals surface area contributed by atoms with Crippen LogP contribution in [0, 0.1) is 5.82 Å². The lowest BCUT2D eigenvalue weighted by Gasteiger charge is -2.40. The molecule has 0 spiro atoms. The molecule has 2 rings (SSSR count). The summed E-state index contributed by atoms with van der Waals surface area (Å²) in [4.78, 5) is 3.08. The number of anilines is 1. The summed E-state index contributed by atoms with van der Waals surface area (Å²) in [5.74, 6) is -0.354. The van der Waals surface area contributed by atoms with Crippen LogP contribution in [0.5, 0.6) is 0 Å². The van der Waals surface area contributed by atoms with Gasteiger partial charge in [-0.1, -0.05) is 12.1 Å². The Morgan fingerprint density at radius 2 is 1.70 bits per heavy atom. The van der Waals surface area contributed by atoms with Crippen LogP contribution in [-0.4, -0.2) is 49.8 Å². The average Bonchev–Trinajstić information content (AvgIpc) is 2.39. The monoisotopic (exact) mass is 291 g/mol. The molecule has 1 aliphatic heterocycles. The van der Waals surface area contributed by atoms with Crippen LogP contribution < -0.4 is 10.6 Å². The lowest BCUT2D eigenvalue weighted by molar-refractivity contribution is -0.181. The highest BCUT2D eigenvalue weighted by Gasteiger charge is 2.43. The molecule has 7 heteroatoms. The van der Waals surface area contributed by atoms with Gasteiger partial charge in [0.25, 0.3) is 0 Å². The zero-order chi connectivity index (χ0) is 14.8. The van der Waals surface area contributed by atoms with Crippen LogP contribution >= 0.6 is 0 Å². The van der Waals surface area contributed by atoms with Crippen molar-refractivity contribution < 1.29 is 17.6 Å². The van der Waals surface area contributed by atoms with Gasteiger partial charge in [-0.15, -0.1) is 0 Å². The number of hydrogen-bond acceptors (Lipinski definition) is 3. The van der Waals surface area contributed by atoms with Gasteiger partial charge in [-0.25, -0.2) is 4.39 Å². The minimum Gasteiger partial charge on any atom is -0.367 e. The van der Waals surface area contributed by atoms with Gasteiger partial charge in [0.1, 0.15) is 11.9 Å². The first-order chi connectivity index (χ1) is 9.43. The topological polar surface area (TPSA) is 32.5 Å². The minimum atomic E-state index is -4.32. The molecule has 1 aliphatic rings. The van der Waals surface area contributed by atoms with Crippen LogP contribution in [0.2, 0.25) is 0 Å². The number of piperazine rings is 1. The van der Waals surface area contributed by atoms with E-state index in [1.807, 2.05) is 0 Å². The zero-order valence-corrected chi connectivity index (χ0v) is 10.9. The summed E-state index contributed by atoms with van der Waals surface area (Å²) in [6, 6.07) is 4.66. The summed E-state index contributed by atoms with van der Waals surface area (Å²) in [7, 11) is 0. The molecule has 0 amide bonds. The summed E-state index contributed by atoms with van der Waals surface area (Å²) in [5.41, 5.74) is 5.66. The predicted molar refractivity (Wildman–Crippen MR) is 69.1 cm³/mol. The summed E-state index contributed by atoms with van der Waals surface area (Å²) < 4.78 is 52.0. The number of nitrogens with zero attached hydrogens (tertiary/aromatic N) is 2. The fourth-order valence-corrected chi connectivity index (χ4v) is 2.47. The van der Waals surface area contributed by atoms with Gasteiger partial charge < -0.3 is 10.6 Å². The third kappa shape index (κ3) is 3.21. The van der Waals surface area contributed by atoms with E-state index in [2.05, 4.69) is 0 Å². The zero-order valence-electron chi connectivity index (χ0n) is 10.9. The Kier molecular flexibility index (Phi) is 4.49. The maximum atomic E-state index is 13.6. The molecule has 0 saturated carbocycles. The van der Waals surface area contributed by atoms with E-state index in [1.54, 1.807) is 23.1 Å². The molecular formula is C13H17F4N3. The van der Waals surface area contributed by atoms with Crippen molar-refractivity contribution in [2.45, 2.75) is 12.2 Å². The molecule has 2 N–H and O–H groups in total. The lowest BCUT2D eigenvalue weighted by atomic mass is 10.2. The third-order valence-corrected chi connectivity index (χ3v) is 3.55. The van der Waals surface area contributed by atoms with E-state index in [-0.39, 0.29) is 18.9 Å². The smallest absolute Gasteiger partial charge is 0.367 e. The van der Waals surface area contributed by atoms with Crippen molar-refractivity contribution >= 4 is 5.69 Å². The predicted octanol–water partition coefficient (Wildman–Crippen LogP) is 1.84. The highest BCUT2D eigenvalue weighted by atomic mass is 19.4. The Labute approximate surface area is 115 Å². The molecule has 1 saturated heterocycles. The van der Waals surface area contributed by atoms with Gasteiger partial charge >= 0.3 is 6.18 Å². The van der Waals surface area contributed by atoms with Gasteiger partial charge in [-0.3, -0.25) is 4.90 Å². The fourth-order valence-electron chi connectivity index (χ4n) is 2.47. The first-order valence-electron chi connectivity index (χ1n) is 6.44. The molecule has 1 aromatic rings. The minimum absolute atomic E-state index is 0.218. The molecule has 0 radical (unpaired) electrons. The molecule has 1 heterocycles. The second-order valence-corrected chi connectivity index (χ2v) is 4.77. The second kappa shape index (κ2) is 5.97. The van der Waals surface area contributed by atoms with Crippen molar-refractivity contribution in [3.05, 3.63) is 30.1 Å². The Hall–Kier alpha value is -1.34. The van der Waals surface area contributed by atoms with Gasteiger partial charge in [0.15, 0.2) is 0 Å². The fraction of sp³-hybridized carbons (Fsp3) is 0.538. The van der Waals surface area contributed by atoms with Gasteiger partial charge in [0, 0.05) is 32.7 Å².